The van der Waals surface area contributed by atoms with Crippen molar-refractivity contribution in [2.45, 2.75) is 11.8 Å². The van der Waals surface area contributed by atoms with Crippen molar-refractivity contribution < 1.29 is 22.8 Å². The molecule has 0 atom stereocenters. The number of nitro benzene ring substituents is 1. The molecule has 116 valence electrons. The van der Waals surface area contributed by atoms with Gasteiger partial charge in [-0.25, -0.2) is 13.6 Å². The number of hydrogen-bond donors (Lipinski definition) is 1. The minimum atomic E-state index is -4.22. The van der Waals surface area contributed by atoms with Gasteiger partial charge in [0.1, 0.15) is 11.5 Å². The molecule has 0 fully saturated rings. The van der Waals surface area contributed by atoms with Crippen molar-refractivity contribution in [1.82, 2.24) is 0 Å². The first-order valence-corrected chi connectivity index (χ1v) is 7.46. The van der Waals surface area contributed by atoms with Gasteiger partial charge in [0.15, 0.2) is 11.5 Å². The third-order valence-electron chi connectivity index (χ3n) is 2.37. The fraction of sp³-hybridized carbons (Fsp3) is 0.273. The Morgan fingerprint density at radius 2 is 2.14 bits per heavy atom. The molecule has 0 saturated carbocycles. The van der Waals surface area contributed by atoms with Gasteiger partial charge in [0.25, 0.3) is 5.69 Å². The van der Waals surface area contributed by atoms with E-state index in [1.54, 1.807) is 6.92 Å². The zero-order valence-electron chi connectivity index (χ0n) is 11.2. The highest BCUT2D eigenvalue weighted by molar-refractivity contribution is 7.89. The monoisotopic (exact) mass is 336 g/mol. The van der Waals surface area contributed by atoms with Gasteiger partial charge in [-0.15, -0.1) is 0 Å². The number of hydrogen-bond acceptors (Lipinski definition) is 6. The second-order valence-corrected chi connectivity index (χ2v) is 5.77. The van der Waals surface area contributed by atoms with E-state index in [0.29, 0.717) is 5.57 Å². The maximum absolute atomic E-state index is 11.5. The summed E-state index contributed by atoms with van der Waals surface area (Å²) in [6.07, 6.45) is 0. The molecule has 21 heavy (non-hydrogen) atoms. The summed E-state index contributed by atoms with van der Waals surface area (Å²) in [4.78, 5) is 9.58. The maximum atomic E-state index is 11.5. The van der Waals surface area contributed by atoms with E-state index < -0.39 is 25.5 Å². The van der Waals surface area contributed by atoms with Crippen molar-refractivity contribution in [2.24, 2.45) is 5.14 Å². The summed E-state index contributed by atoms with van der Waals surface area (Å²) in [5.74, 6) is -0.320. The molecule has 10 heteroatoms. The quantitative estimate of drug-likeness (QED) is 0.624. The molecule has 0 amide bonds. The lowest BCUT2D eigenvalue weighted by molar-refractivity contribution is -0.385. The highest BCUT2D eigenvalue weighted by atomic mass is 35.5. The molecule has 0 aliphatic heterocycles. The Balaban J connectivity index is 3.46. The highest BCUT2D eigenvalue weighted by Crippen LogP contribution is 2.38. The van der Waals surface area contributed by atoms with E-state index in [9.17, 15) is 18.5 Å². The van der Waals surface area contributed by atoms with Gasteiger partial charge in [-0.3, -0.25) is 10.1 Å². The number of nitro groups is 1. The predicted molar refractivity (Wildman–Crippen MR) is 76.1 cm³/mol. The van der Waals surface area contributed by atoms with Gasteiger partial charge in [-0.1, -0.05) is 11.6 Å². The average molecular weight is 337 g/mol. The van der Waals surface area contributed by atoms with Crippen LogP contribution in [0, 0.1) is 10.1 Å². The Morgan fingerprint density at radius 1 is 1.52 bits per heavy atom. The number of sulfonamides is 1. The topological polar surface area (TPSA) is 122 Å². The molecule has 0 saturated heterocycles. The van der Waals surface area contributed by atoms with Gasteiger partial charge >= 0.3 is 0 Å². The predicted octanol–water partition coefficient (Wildman–Crippen LogP) is 1.77. The molecule has 0 unspecified atom stereocenters. The van der Waals surface area contributed by atoms with Crippen molar-refractivity contribution >= 4 is 27.3 Å². The lowest BCUT2D eigenvalue weighted by Gasteiger charge is -2.13. The summed E-state index contributed by atoms with van der Waals surface area (Å²) in [5.41, 5.74) is 1.41. The number of rotatable bonds is 6. The molecular weight excluding hydrogens is 324 g/mol. The summed E-state index contributed by atoms with van der Waals surface area (Å²) in [5, 5.41) is 15.9. The van der Waals surface area contributed by atoms with Crippen LogP contribution in [0.5, 0.6) is 11.5 Å². The van der Waals surface area contributed by atoms with Gasteiger partial charge in [-0.2, -0.15) is 0 Å². The lowest BCUT2D eigenvalue weighted by atomic mass is 10.2. The van der Waals surface area contributed by atoms with E-state index in [4.69, 9.17) is 26.2 Å². The van der Waals surface area contributed by atoms with Crippen LogP contribution < -0.4 is 14.6 Å². The molecule has 0 bridgehead atoms. The number of halogens is 1. The second-order valence-electron chi connectivity index (χ2n) is 4.02. The van der Waals surface area contributed by atoms with Crippen LogP contribution in [0.3, 0.4) is 0 Å². The van der Waals surface area contributed by atoms with Gasteiger partial charge in [0, 0.05) is 11.6 Å². The molecule has 1 aromatic carbocycles. The molecular formula is C11H13ClN2O6S. The van der Waals surface area contributed by atoms with E-state index in [1.165, 1.54) is 12.6 Å². The Morgan fingerprint density at radius 3 is 2.57 bits per heavy atom. The summed E-state index contributed by atoms with van der Waals surface area (Å²) < 4.78 is 33.3. The molecule has 1 aromatic rings. The lowest BCUT2D eigenvalue weighted by Crippen LogP contribution is -2.15. The minimum absolute atomic E-state index is 0.00505. The van der Waals surface area contributed by atoms with Crippen molar-refractivity contribution in [3.05, 3.63) is 33.4 Å². The fourth-order valence-corrected chi connectivity index (χ4v) is 2.20. The third kappa shape index (κ3) is 4.31. The van der Waals surface area contributed by atoms with Crippen LogP contribution in [0.15, 0.2) is 28.1 Å². The van der Waals surface area contributed by atoms with E-state index in [1.807, 2.05) is 0 Å². The van der Waals surface area contributed by atoms with Crippen LogP contribution in [0.1, 0.15) is 6.92 Å². The molecule has 1 rings (SSSR count). The highest BCUT2D eigenvalue weighted by Gasteiger charge is 2.25. The number of benzene rings is 1. The Kier molecular flexibility index (Phi) is 5.53. The Hall–Kier alpha value is -1.84. The first kappa shape index (κ1) is 17.2. The summed E-state index contributed by atoms with van der Waals surface area (Å²) in [7, 11) is -3.02. The second kappa shape index (κ2) is 6.74. The van der Waals surface area contributed by atoms with Crippen LogP contribution in [-0.4, -0.2) is 27.1 Å². The SMILES string of the molecule is COc1c(OCC(C)=CCl)cc([N+](=O)[O-])cc1S(N)(=O)=O. The summed E-state index contributed by atoms with van der Waals surface area (Å²) >= 11 is 5.48. The van der Waals surface area contributed by atoms with Crippen LogP contribution in [0.25, 0.3) is 0 Å². The number of nitrogens with two attached hydrogens (primary N) is 1. The number of ether oxygens (including phenoxy) is 2. The van der Waals surface area contributed by atoms with E-state index >= 15 is 0 Å². The van der Waals surface area contributed by atoms with Crippen LogP contribution >= 0.6 is 11.6 Å². The number of non-ortho nitro benzene ring substituents is 1. The zero-order chi connectivity index (χ0) is 16.2. The van der Waals surface area contributed by atoms with Gasteiger partial charge < -0.3 is 9.47 Å². The van der Waals surface area contributed by atoms with E-state index in [-0.39, 0.29) is 18.1 Å². The third-order valence-corrected chi connectivity index (χ3v) is 3.66. The first-order valence-electron chi connectivity index (χ1n) is 5.48. The van der Waals surface area contributed by atoms with Gasteiger partial charge in [-0.05, 0) is 12.5 Å². The molecule has 0 spiro atoms. The first-order chi connectivity index (χ1) is 9.70. The minimum Gasteiger partial charge on any atom is -0.492 e. The fourth-order valence-electron chi connectivity index (χ4n) is 1.41. The van der Waals surface area contributed by atoms with Crippen molar-refractivity contribution in [3.8, 4) is 11.5 Å². The molecule has 8 nitrogen and oxygen atoms in total. The van der Waals surface area contributed by atoms with E-state index in [2.05, 4.69) is 0 Å². The molecule has 0 aliphatic rings. The van der Waals surface area contributed by atoms with Crippen molar-refractivity contribution in [2.75, 3.05) is 13.7 Å². The van der Waals surface area contributed by atoms with Gasteiger partial charge in [0.05, 0.1) is 18.1 Å². The number of primary sulfonamides is 1. The molecule has 0 radical (unpaired) electrons. The van der Waals surface area contributed by atoms with Crippen molar-refractivity contribution in [1.29, 1.82) is 0 Å². The van der Waals surface area contributed by atoms with Crippen LogP contribution in [-0.2, 0) is 10.0 Å². The standard InChI is InChI=1S/C11H13ClN2O6S/c1-7(5-12)6-20-9-3-8(14(15)16)4-10(11(9)19-2)21(13,17)18/h3-5H,6H2,1-2H3,(H2,13,17,18). The number of methoxy groups -OCH3 is 1. The number of nitrogens with zero attached hydrogens (tertiary/aromatic N) is 1. The molecule has 0 heterocycles. The van der Waals surface area contributed by atoms with Gasteiger partial charge in [0.2, 0.25) is 10.0 Å². The summed E-state index contributed by atoms with van der Waals surface area (Å²) in [6.45, 7) is 1.67. The van der Waals surface area contributed by atoms with Crippen LogP contribution in [0.2, 0.25) is 0 Å². The van der Waals surface area contributed by atoms with Crippen LogP contribution in [0.4, 0.5) is 5.69 Å². The Bertz CT molecular complexity index is 686. The van der Waals surface area contributed by atoms with E-state index in [0.717, 1.165) is 12.1 Å². The maximum Gasteiger partial charge on any atom is 0.274 e. The molecule has 2 N–H and O–H groups in total. The van der Waals surface area contributed by atoms with Crippen molar-refractivity contribution in [3.63, 3.8) is 0 Å². The normalized spacial score (nSPS) is 12.1. The molecule has 0 aliphatic carbocycles. The smallest absolute Gasteiger partial charge is 0.274 e. The largest absolute Gasteiger partial charge is 0.492 e. The average Bonchev–Trinajstić information content (AvgIpc) is 2.42. The zero-order valence-corrected chi connectivity index (χ0v) is 12.8. The molecule has 0 aromatic heterocycles. The summed E-state index contributed by atoms with van der Waals surface area (Å²) in [6, 6.07) is 1.86. The Labute approximate surface area is 126 Å².